The zero-order valence-electron chi connectivity index (χ0n) is 16.1. The van der Waals surface area contributed by atoms with E-state index in [4.69, 9.17) is 14.9 Å². The summed E-state index contributed by atoms with van der Waals surface area (Å²) in [6.07, 6.45) is 0.652. The Morgan fingerprint density at radius 3 is 2.41 bits per heavy atom. The van der Waals surface area contributed by atoms with Crippen molar-refractivity contribution < 1.29 is 14.3 Å². The van der Waals surface area contributed by atoms with Gasteiger partial charge in [0, 0.05) is 18.9 Å². The van der Waals surface area contributed by atoms with Crippen LogP contribution in [0.4, 0.5) is 0 Å². The number of amidine groups is 1. The number of benzene rings is 2. The minimum absolute atomic E-state index is 0.118. The monoisotopic (exact) mass is 385 g/mol. The van der Waals surface area contributed by atoms with Crippen LogP contribution in [-0.4, -0.2) is 23.6 Å². The molecule has 27 heavy (non-hydrogen) atoms. The van der Waals surface area contributed by atoms with Gasteiger partial charge in [-0.2, -0.15) is 0 Å². The van der Waals surface area contributed by atoms with Crippen LogP contribution in [0.1, 0.15) is 34.7 Å². The van der Waals surface area contributed by atoms with Crippen LogP contribution in [0.5, 0.6) is 5.75 Å². The van der Waals surface area contributed by atoms with Crippen molar-refractivity contribution in [1.29, 1.82) is 5.41 Å². The fraction of sp³-hybridized carbons (Fsp3) is 0.286. The van der Waals surface area contributed by atoms with E-state index in [9.17, 15) is 4.79 Å². The highest BCUT2D eigenvalue weighted by atomic mass is 32.1. The van der Waals surface area contributed by atoms with Gasteiger partial charge in [0.25, 0.3) is 0 Å². The van der Waals surface area contributed by atoms with Crippen molar-refractivity contribution >= 4 is 29.7 Å². The molecule has 2 aromatic rings. The molecule has 0 aliphatic rings. The highest BCUT2D eigenvalue weighted by Gasteiger charge is 2.12. The topological polar surface area (TPSA) is 71.7 Å². The molecule has 0 amide bonds. The van der Waals surface area contributed by atoms with E-state index in [1.54, 1.807) is 0 Å². The molecular weight excluding hydrogens is 360 g/mol. The zero-order chi connectivity index (χ0) is 20.0. The van der Waals surface area contributed by atoms with Crippen LogP contribution in [-0.2, 0) is 28.6 Å². The second-order valence-corrected chi connectivity index (χ2v) is 6.80. The Morgan fingerprint density at radius 2 is 1.78 bits per heavy atom. The summed E-state index contributed by atoms with van der Waals surface area (Å²) in [5.74, 6) is 0.502. The standard InChI is InChI=1S/C21H24N2O3S/c1-13-5-7-17(8-6-13)20(22)23-21(27)26-19-12-14(2)18(11-15(19)3)9-10-25-16(4)24/h5-8,11-12H,9-10H2,1-4H3,(H2,22,23,27)/p+1. The number of hydrogen-bond acceptors (Lipinski definition) is 4. The van der Waals surface area contributed by atoms with E-state index in [2.05, 4.69) is 17.6 Å². The van der Waals surface area contributed by atoms with E-state index < -0.39 is 0 Å². The first-order valence-corrected chi connectivity index (χ1v) is 9.13. The van der Waals surface area contributed by atoms with Gasteiger partial charge in [0.2, 0.25) is 0 Å². The van der Waals surface area contributed by atoms with E-state index in [1.165, 1.54) is 6.92 Å². The molecule has 0 heterocycles. The Bertz CT molecular complexity index is 874. The minimum Gasteiger partial charge on any atom is -0.466 e. The summed E-state index contributed by atoms with van der Waals surface area (Å²) in [4.78, 5) is 15.1. The van der Waals surface area contributed by atoms with E-state index >= 15 is 0 Å². The Labute approximate surface area is 165 Å². The van der Waals surface area contributed by atoms with Crippen molar-refractivity contribution in [1.82, 2.24) is 0 Å². The van der Waals surface area contributed by atoms with Crippen molar-refractivity contribution in [3.63, 3.8) is 0 Å². The molecule has 2 aromatic carbocycles. The Hall–Kier alpha value is -2.60. The first kappa shape index (κ1) is 20.7. The second-order valence-electron chi connectivity index (χ2n) is 6.37. The summed E-state index contributed by atoms with van der Waals surface area (Å²) < 4.78 is 10.8. The number of nitrogens with one attached hydrogen (secondary N) is 1. The molecular formula is C21H25N2O3S+. The molecule has 0 aliphatic heterocycles. The summed E-state index contributed by atoms with van der Waals surface area (Å²) >= 11 is 3.35. The van der Waals surface area contributed by atoms with Crippen LogP contribution >= 0.6 is 0 Å². The highest BCUT2D eigenvalue weighted by Crippen LogP contribution is 2.23. The zero-order valence-corrected chi connectivity index (χ0v) is 17.1. The molecule has 1 N–H and O–H groups in total. The van der Waals surface area contributed by atoms with Crippen LogP contribution in [0, 0.1) is 26.2 Å². The van der Waals surface area contributed by atoms with Crippen molar-refractivity contribution in [3.8, 4) is 5.75 Å². The average Bonchev–Trinajstić information content (AvgIpc) is 2.59. The normalized spacial score (nSPS) is 11.2. The number of ether oxygens (including phenoxy) is 2. The Kier molecular flexibility index (Phi) is 7.19. The fourth-order valence-corrected chi connectivity index (χ4v) is 2.76. The second kappa shape index (κ2) is 9.37. The number of aryl methyl sites for hydroxylation is 3. The smallest absolute Gasteiger partial charge is 0.414 e. The van der Waals surface area contributed by atoms with Crippen LogP contribution in [0.25, 0.3) is 0 Å². The van der Waals surface area contributed by atoms with Crippen molar-refractivity contribution in [2.24, 2.45) is 4.99 Å². The number of hydrogen-bond donors (Lipinski definition) is 1. The van der Waals surface area contributed by atoms with E-state index in [1.807, 2.05) is 57.2 Å². The number of nitrogens with zero attached hydrogens (tertiary/aromatic N) is 1. The molecule has 5 nitrogen and oxygen atoms in total. The number of rotatable bonds is 5. The van der Waals surface area contributed by atoms with Gasteiger partial charge in [-0.25, -0.2) is 0 Å². The van der Waals surface area contributed by atoms with Gasteiger partial charge in [0.05, 0.1) is 19.2 Å². The summed E-state index contributed by atoms with van der Waals surface area (Å²) in [5, 5.41) is 8.32. The largest absolute Gasteiger partial charge is 0.466 e. The highest BCUT2D eigenvalue weighted by molar-refractivity contribution is 7.77. The van der Waals surface area contributed by atoms with Crippen molar-refractivity contribution in [2.45, 2.75) is 34.1 Å². The fourth-order valence-electron chi connectivity index (χ4n) is 2.54. The number of carbonyl (C=O) groups excluding carboxylic acids is 1. The van der Waals surface area contributed by atoms with Crippen LogP contribution in [0.3, 0.4) is 0 Å². The lowest BCUT2D eigenvalue weighted by Gasteiger charge is -2.11. The molecule has 0 bridgehead atoms. The van der Waals surface area contributed by atoms with Crippen LogP contribution in [0.2, 0.25) is 0 Å². The summed E-state index contributed by atoms with van der Waals surface area (Å²) in [6.45, 7) is 7.67. The summed E-state index contributed by atoms with van der Waals surface area (Å²) in [6, 6.07) is 11.5. The molecule has 0 aliphatic carbocycles. The molecule has 142 valence electrons. The van der Waals surface area contributed by atoms with Gasteiger partial charge in [0.15, 0.2) is 5.84 Å². The molecule has 0 aromatic heterocycles. The van der Waals surface area contributed by atoms with Gasteiger partial charge in [-0.05, 0) is 43.5 Å². The van der Waals surface area contributed by atoms with Gasteiger partial charge in [0.1, 0.15) is 5.75 Å². The maximum Gasteiger partial charge on any atom is 0.414 e. The number of esters is 1. The third-order valence-corrected chi connectivity index (χ3v) is 4.27. The predicted octanol–water partition coefficient (Wildman–Crippen LogP) is 3.49. The van der Waals surface area contributed by atoms with Gasteiger partial charge in [-0.15, -0.1) is 4.99 Å². The molecule has 0 unspecified atom stereocenters. The first-order valence-electron chi connectivity index (χ1n) is 8.63. The SMILES string of the molecule is CC(=O)OCCc1cc(C)c(OC([SH2+])=NC(=N)c2ccc(C)cc2)cc1C. The number of carbonyl (C=O) groups is 1. The predicted molar refractivity (Wildman–Crippen MR) is 112 cm³/mol. The van der Waals surface area contributed by atoms with Crippen molar-refractivity contribution in [3.05, 3.63) is 64.2 Å². The third-order valence-electron chi connectivity index (χ3n) is 4.06. The molecule has 0 radical (unpaired) electrons. The summed E-state index contributed by atoms with van der Waals surface area (Å²) in [7, 11) is 0. The molecule has 0 saturated carbocycles. The molecule has 2 rings (SSSR count). The lowest BCUT2D eigenvalue weighted by atomic mass is 10.0. The van der Waals surface area contributed by atoms with E-state index in [0.29, 0.717) is 24.3 Å². The molecule has 0 atom stereocenters. The van der Waals surface area contributed by atoms with Gasteiger partial charge in [-0.3, -0.25) is 10.2 Å². The van der Waals surface area contributed by atoms with Gasteiger partial charge in [-0.1, -0.05) is 35.9 Å². The van der Waals surface area contributed by atoms with E-state index in [-0.39, 0.29) is 17.0 Å². The van der Waals surface area contributed by atoms with Crippen molar-refractivity contribution in [2.75, 3.05) is 6.61 Å². The van der Waals surface area contributed by atoms with Gasteiger partial charge >= 0.3 is 11.2 Å². The van der Waals surface area contributed by atoms with Crippen LogP contribution < -0.4 is 4.74 Å². The quantitative estimate of drug-likeness (QED) is 0.371. The maximum atomic E-state index is 10.9. The molecule has 0 spiro atoms. The molecule has 0 fully saturated rings. The Balaban J connectivity index is 2.09. The Morgan fingerprint density at radius 1 is 1.11 bits per heavy atom. The minimum atomic E-state index is -0.278. The lowest BCUT2D eigenvalue weighted by Crippen LogP contribution is -2.10. The average molecular weight is 386 g/mol. The first-order chi connectivity index (χ1) is 12.8. The van der Waals surface area contributed by atoms with E-state index in [0.717, 1.165) is 22.3 Å². The molecule has 6 heteroatoms. The summed E-state index contributed by atoms with van der Waals surface area (Å²) in [5.41, 5.74) is 4.92. The lowest BCUT2D eigenvalue weighted by molar-refractivity contribution is -0.140. The maximum absolute atomic E-state index is 10.9. The van der Waals surface area contributed by atoms with Gasteiger partial charge < -0.3 is 9.47 Å². The van der Waals surface area contributed by atoms with Crippen LogP contribution in [0.15, 0.2) is 41.4 Å². The molecule has 0 saturated heterocycles. The third kappa shape index (κ3) is 6.25. The number of aliphatic imine (C=N–C) groups is 1.